The first-order valence-corrected chi connectivity index (χ1v) is 10.0. The number of hydrogen-bond donors (Lipinski definition) is 3. The molecule has 8 nitrogen and oxygen atoms in total. The van der Waals surface area contributed by atoms with Crippen molar-refractivity contribution in [2.75, 3.05) is 43.1 Å². The Morgan fingerprint density at radius 1 is 1.09 bits per heavy atom. The molecule has 0 radical (unpaired) electrons. The maximum Gasteiger partial charge on any atom is 0.436 e. The largest absolute Gasteiger partial charge is 0.436 e. The molecule has 0 spiro atoms. The summed E-state index contributed by atoms with van der Waals surface area (Å²) in [4.78, 5) is 25.3. The Morgan fingerprint density at radius 2 is 1.85 bits per heavy atom. The molecule has 2 amide bonds. The number of hydrogen-bond acceptors (Lipinski definition) is 6. The lowest BCUT2D eigenvalue weighted by Crippen LogP contribution is -2.24. The van der Waals surface area contributed by atoms with Crippen LogP contribution < -0.4 is 16.0 Å². The molecule has 3 rings (SSSR count). The molecule has 0 aliphatic rings. The van der Waals surface area contributed by atoms with Crippen LogP contribution in [0.25, 0.3) is 10.8 Å². The number of fused-ring (bicyclic) bond motifs is 1. The number of amides is 2. The number of carbonyl (C=O) groups is 1. The molecule has 176 valence electrons. The second-order valence-corrected chi connectivity index (χ2v) is 7.61. The number of benzene rings is 1. The topological polar surface area (TPSA) is 95.1 Å². The molecule has 3 N–H and O–H groups in total. The number of aryl methyl sites for hydroxylation is 1. The highest BCUT2D eigenvalue weighted by molar-refractivity contribution is 6.00. The van der Waals surface area contributed by atoms with Gasteiger partial charge in [0.05, 0.1) is 0 Å². The Bertz CT molecular complexity index is 1150. The van der Waals surface area contributed by atoms with Crippen LogP contribution in [0.1, 0.15) is 17.8 Å². The van der Waals surface area contributed by atoms with Crippen molar-refractivity contribution in [1.82, 2.24) is 19.9 Å². The summed E-state index contributed by atoms with van der Waals surface area (Å²) in [6.07, 6.45) is -2.84. The van der Waals surface area contributed by atoms with E-state index in [9.17, 15) is 22.4 Å². The van der Waals surface area contributed by atoms with Gasteiger partial charge in [-0.2, -0.15) is 18.2 Å². The number of rotatable bonds is 7. The van der Waals surface area contributed by atoms with Crippen LogP contribution in [0.15, 0.2) is 30.5 Å². The summed E-state index contributed by atoms with van der Waals surface area (Å²) in [5.74, 6) is -2.95. The van der Waals surface area contributed by atoms with E-state index in [1.54, 1.807) is 24.4 Å². The molecule has 0 atom stereocenters. The number of nitrogens with zero attached hydrogens (tertiary/aromatic N) is 4. The fourth-order valence-electron chi connectivity index (χ4n) is 3.00. The molecule has 2 heterocycles. The number of aromatic nitrogens is 3. The van der Waals surface area contributed by atoms with Gasteiger partial charge in [0.15, 0.2) is 17.3 Å². The van der Waals surface area contributed by atoms with E-state index in [0.29, 0.717) is 18.7 Å². The Morgan fingerprint density at radius 3 is 2.55 bits per heavy atom. The summed E-state index contributed by atoms with van der Waals surface area (Å²) in [6, 6.07) is 5.99. The van der Waals surface area contributed by atoms with Gasteiger partial charge in [-0.15, -0.1) is 0 Å². The van der Waals surface area contributed by atoms with Gasteiger partial charge in [-0.1, -0.05) is 6.07 Å². The Hall–Kier alpha value is -3.54. The maximum atomic E-state index is 14.3. The highest BCUT2D eigenvalue weighted by Crippen LogP contribution is 2.32. The van der Waals surface area contributed by atoms with Gasteiger partial charge in [-0.3, -0.25) is 10.3 Å². The van der Waals surface area contributed by atoms with Crippen LogP contribution in [0.2, 0.25) is 0 Å². The predicted molar refractivity (Wildman–Crippen MR) is 118 cm³/mol. The van der Waals surface area contributed by atoms with E-state index in [-0.39, 0.29) is 6.54 Å². The summed E-state index contributed by atoms with van der Waals surface area (Å²) < 4.78 is 54.2. The molecule has 33 heavy (non-hydrogen) atoms. The summed E-state index contributed by atoms with van der Waals surface area (Å²) in [7, 11) is 3.67. The van der Waals surface area contributed by atoms with E-state index >= 15 is 0 Å². The van der Waals surface area contributed by atoms with Gasteiger partial charge >= 0.3 is 12.2 Å². The number of nitrogens with one attached hydrogen (secondary N) is 3. The van der Waals surface area contributed by atoms with Gasteiger partial charge in [-0.05, 0) is 57.6 Å². The van der Waals surface area contributed by atoms with Crippen LogP contribution in [-0.2, 0) is 6.18 Å². The number of anilines is 3. The molecule has 0 unspecified atom stereocenters. The van der Waals surface area contributed by atoms with Gasteiger partial charge in [0.25, 0.3) is 0 Å². The van der Waals surface area contributed by atoms with Crippen molar-refractivity contribution in [2.45, 2.75) is 19.5 Å². The van der Waals surface area contributed by atoms with Crippen LogP contribution in [0.3, 0.4) is 0 Å². The molecule has 1 aromatic carbocycles. The second kappa shape index (κ2) is 9.94. The number of alkyl halides is 3. The zero-order valence-electron chi connectivity index (χ0n) is 18.2. The van der Waals surface area contributed by atoms with Crippen molar-refractivity contribution < 1.29 is 22.4 Å². The highest BCUT2D eigenvalue weighted by Gasteiger charge is 2.38. The van der Waals surface area contributed by atoms with Crippen molar-refractivity contribution in [3.63, 3.8) is 0 Å². The SMILES string of the molecule is Cc1cc2cc(NC(=O)Nc3nc(NCCCN(C)C)c(F)c(C(F)(F)F)n3)ccc2cn1. The third kappa shape index (κ3) is 6.48. The van der Waals surface area contributed by atoms with Crippen LogP contribution in [-0.4, -0.2) is 53.1 Å². The smallest absolute Gasteiger partial charge is 0.367 e. The van der Waals surface area contributed by atoms with Crippen molar-refractivity contribution in [3.8, 4) is 0 Å². The summed E-state index contributed by atoms with van der Waals surface area (Å²) in [6.45, 7) is 2.64. The minimum atomic E-state index is -5.07. The molecule has 3 aromatic rings. The zero-order valence-corrected chi connectivity index (χ0v) is 18.2. The number of pyridine rings is 1. The number of carbonyl (C=O) groups excluding carboxylic acids is 1. The maximum absolute atomic E-state index is 14.3. The molecule has 0 aliphatic heterocycles. The van der Waals surface area contributed by atoms with E-state index in [1.165, 1.54) is 0 Å². The summed E-state index contributed by atoms with van der Waals surface area (Å²) >= 11 is 0. The minimum absolute atomic E-state index is 0.181. The summed E-state index contributed by atoms with van der Waals surface area (Å²) in [5.41, 5.74) is -0.587. The third-order valence-electron chi connectivity index (χ3n) is 4.54. The van der Waals surface area contributed by atoms with Crippen LogP contribution >= 0.6 is 0 Å². The molecule has 0 bridgehead atoms. The fraction of sp³-hybridized carbons (Fsp3) is 0.333. The monoisotopic (exact) mass is 465 g/mol. The molecule has 0 aliphatic carbocycles. The van der Waals surface area contributed by atoms with Crippen LogP contribution in [0.5, 0.6) is 0 Å². The van der Waals surface area contributed by atoms with Crippen molar-refractivity contribution in [1.29, 1.82) is 0 Å². The molecule has 0 saturated heterocycles. The van der Waals surface area contributed by atoms with Gasteiger partial charge in [0.1, 0.15) is 0 Å². The number of halogens is 4. The van der Waals surface area contributed by atoms with E-state index < -0.39 is 35.5 Å². The van der Waals surface area contributed by atoms with Gasteiger partial charge in [0.2, 0.25) is 5.95 Å². The normalized spacial score (nSPS) is 11.6. The second-order valence-electron chi connectivity index (χ2n) is 7.61. The quantitative estimate of drug-likeness (QED) is 0.351. The summed E-state index contributed by atoms with van der Waals surface area (Å²) in [5, 5.41) is 8.86. The van der Waals surface area contributed by atoms with E-state index in [0.717, 1.165) is 16.5 Å². The highest BCUT2D eigenvalue weighted by atomic mass is 19.4. The van der Waals surface area contributed by atoms with Crippen LogP contribution in [0, 0.1) is 12.7 Å². The minimum Gasteiger partial charge on any atom is -0.367 e. The fourth-order valence-corrected chi connectivity index (χ4v) is 3.00. The van der Waals surface area contributed by atoms with Gasteiger partial charge < -0.3 is 15.5 Å². The Kier molecular flexibility index (Phi) is 7.26. The number of urea groups is 1. The van der Waals surface area contributed by atoms with E-state index in [2.05, 4.69) is 30.9 Å². The molecule has 0 fully saturated rings. The lowest BCUT2D eigenvalue weighted by molar-refractivity contribution is -0.143. The van der Waals surface area contributed by atoms with Crippen molar-refractivity contribution in [3.05, 3.63) is 47.7 Å². The lowest BCUT2D eigenvalue weighted by atomic mass is 10.1. The van der Waals surface area contributed by atoms with E-state index in [1.807, 2.05) is 32.0 Å². The first-order valence-electron chi connectivity index (χ1n) is 10.0. The zero-order chi connectivity index (χ0) is 24.2. The van der Waals surface area contributed by atoms with Gasteiger partial charge in [-0.25, -0.2) is 14.2 Å². The Balaban J connectivity index is 1.78. The molecule has 12 heteroatoms. The lowest BCUT2D eigenvalue weighted by Gasteiger charge is -2.15. The van der Waals surface area contributed by atoms with E-state index in [4.69, 9.17) is 0 Å². The predicted octanol–water partition coefficient (Wildman–Crippen LogP) is 4.50. The van der Waals surface area contributed by atoms with Crippen LogP contribution in [0.4, 0.5) is 39.8 Å². The Labute approximate surface area is 187 Å². The molecule has 2 aromatic heterocycles. The molecular formula is C21H23F4N7O. The molecule has 0 saturated carbocycles. The first kappa shape index (κ1) is 24.1. The first-order chi connectivity index (χ1) is 15.5. The average Bonchev–Trinajstić information content (AvgIpc) is 2.71. The van der Waals surface area contributed by atoms with Crippen molar-refractivity contribution in [2.24, 2.45) is 0 Å². The van der Waals surface area contributed by atoms with Gasteiger partial charge in [0, 0.05) is 29.5 Å². The average molecular weight is 465 g/mol. The standard InChI is InChI=1S/C21H23F4N7O/c1-12-9-14-10-15(6-5-13(14)11-27-12)28-20(33)31-19-29-17(21(23,24)25)16(22)18(30-19)26-7-4-8-32(2)3/h5-6,9-11H,4,7-8H2,1-3H3,(H3,26,28,29,30,31,33). The third-order valence-corrected chi connectivity index (χ3v) is 4.54. The van der Waals surface area contributed by atoms with Crippen molar-refractivity contribution >= 4 is 34.3 Å². The molecular weight excluding hydrogens is 442 g/mol.